The number of amides is 1. The maximum Gasteiger partial charge on any atom is 0.221 e. The summed E-state index contributed by atoms with van der Waals surface area (Å²) in [6.45, 7) is 4.04. The van der Waals surface area contributed by atoms with Gasteiger partial charge < -0.3 is 16.4 Å². The minimum atomic E-state index is -0.0948. The quantitative estimate of drug-likeness (QED) is 0.586. The topological polar surface area (TPSA) is 79.5 Å². The number of guanidine groups is 1. The van der Waals surface area contributed by atoms with Gasteiger partial charge in [-0.2, -0.15) is 0 Å². The van der Waals surface area contributed by atoms with Crippen molar-refractivity contribution < 1.29 is 4.79 Å². The molecule has 4 N–H and O–H groups in total. The molecule has 0 aliphatic heterocycles. The predicted octanol–water partition coefficient (Wildman–Crippen LogP) is 3.13. The Kier molecular flexibility index (Phi) is 5.74. The van der Waals surface area contributed by atoms with E-state index >= 15 is 0 Å². The number of carbonyl (C=O) groups excluding carboxylic acids is 1. The smallest absolute Gasteiger partial charge is 0.221 e. The lowest BCUT2D eigenvalue weighted by atomic mass is 10.1. The lowest BCUT2D eigenvalue weighted by molar-refractivity contribution is -0.114. The number of aryl methyl sites for hydroxylation is 1. The van der Waals surface area contributed by atoms with Crippen LogP contribution >= 0.6 is 0 Å². The molecule has 120 valence electrons. The van der Waals surface area contributed by atoms with Crippen molar-refractivity contribution >= 4 is 23.2 Å². The highest BCUT2D eigenvalue weighted by molar-refractivity contribution is 5.92. The third-order valence-corrected chi connectivity index (χ3v) is 3.29. The van der Waals surface area contributed by atoms with Gasteiger partial charge >= 0.3 is 0 Å². The first-order valence-corrected chi connectivity index (χ1v) is 7.59. The molecule has 0 aliphatic rings. The lowest BCUT2D eigenvalue weighted by Gasteiger charge is -2.08. The second-order valence-corrected chi connectivity index (χ2v) is 5.26. The molecule has 0 unspecified atom stereocenters. The van der Waals surface area contributed by atoms with E-state index in [0.29, 0.717) is 12.5 Å². The molecule has 0 aliphatic carbocycles. The number of nitrogens with one attached hydrogen (secondary N) is 2. The molecule has 0 heterocycles. The summed E-state index contributed by atoms with van der Waals surface area (Å²) in [6, 6.07) is 15.6. The van der Waals surface area contributed by atoms with Crippen LogP contribution in [-0.4, -0.2) is 11.9 Å². The molecule has 23 heavy (non-hydrogen) atoms. The van der Waals surface area contributed by atoms with Gasteiger partial charge in [0.15, 0.2) is 5.96 Å². The van der Waals surface area contributed by atoms with Crippen LogP contribution in [0.4, 0.5) is 11.4 Å². The molecule has 1 amide bonds. The Morgan fingerprint density at radius 2 is 1.65 bits per heavy atom. The molecule has 0 atom stereocenters. The van der Waals surface area contributed by atoms with Gasteiger partial charge in [-0.25, -0.2) is 4.99 Å². The van der Waals surface area contributed by atoms with Crippen molar-refractivity contribution in [2.75, 3.05) is 10.6 Å². The lowest BCUT2D eigenvalue weighted by Crippen LogP contribution is -2.22. The van der Waals surface area contributed by atoms with Gasteiger partial charge in [-0.15, -0.1) is 0 Å². The predicted molar refractivity (Wildman–Crippen MR) is 95.5 cm³/mol. The maximum atomic E-state index is 11.1. The number of hydrogen-bond acceptors (Lipinski definition) is 2. The first-order valence-electron chi connectivity index (χ1n) is 7.59. The number of benzene rings is 2. The summed E-state index contributed by atoms with van der Waals surface area (Å²) in [5.74, 6) is 0.269. The van der Waals surface area contributed by atoms with Crippen molar-refractivity contribution in [3.05, 3.63) is 59.7 Å². The highest BCUT2D eigenvalue weighted by atomic mass is 16.1. The van der Waals surface area contributed by atoms with E-state index in [1.54, 1.807) is 0 Å². The van der Waals surface area contributed by atoms with Gasteiger partial charge in [-0.3, -0.25) is 4.79 Å². The largest absolute Gasteiger partial charge is 0.370 e. The van der Waals surface area contributed by atoms with Crippen molar-refractivity contribution in [2.24, 2.45) is 10.7 Å². The van der Waals surface area contributed by atoms with Crippen LogP contribution in [0.1, 0.15) is 25.0 Å². The molecule has 0 saturated carbocycles. The number of rotatable bonds is 5. The molecule has 0 fully saturated rings. The second kappa shape index (κ2) is 7.98. The van der Waals surface area contributed by atoms with Crippen LogP contribution in [0.2, 0.25) is 0 Å². The zero-order valence-corrected chi connectivity index (χ0v) is 13.5. The van der Waals surface area contributed by atoms with Gasteiger partial charge in [0.2, 0.25) is 5.91 Å². The van der Waals surface area contributed by atoms with Crippen LogP contribution in [0.15, 0.2) is 53.5 Å². The summed E-state index contributed by atoms with van der Waals surface area (Å²) < 4.78 is 0. The fourth-order valence-corrected chi connectivity index (χ4v) is 2.18. The minimum absolute atomic E-state index is 0.0948. The third-order valence-electron chi connectivity index (χ3n) is 3.29. The van der Waals surface area contributed by atoms with Gasteiger partial charge in [0, 0.05) is 18.3 Å². The average molecular weight is 310 g/mol. The first kappa shape index (κ1) is 16.5. The van der Waals surface area contributed by atoms with Crippen LogP contribution in [-0.2, 0) is 17.8 Å². The molecular formula is C18H22N4O. The van der Waals surface area contributed by atoms with E-state index < -0.39 is 0 Å². The van der Waals surface area contributed by atoms with E-state index in [1.807, 2.05) is 36.4 Å². The maximum absolute atomic E-state index is 11.1. The average Bonchev–Trinajstić information content (AvgIpc) is 2.53. The molecule has 5 heteroatoms. The van der Waals surface area contributed by atoms with Crippen molar-refractivity contribution in [2.45, 2.75) is 26.8 Å². The normalized spacial score (nSPS) is 11.1. The molecule has 5 nitrogen and oxygen atoms in total. The number of hydrogen-bond donors (Lipinski definition) is 3. The van der Waals surface area contributed by atoms with Crippen molar-refractivity contribution in [3.63, 3.8) is 0 Å². The monoisotopic (exact) mass is 310 g/mol. The Bertz CT molecular complexity index is 710. The van der Waals surface area contributed by atoms with Gasteiger partial charge in [-0.1, -0.05) is 31.2 Å². The number of aliphatic imine (C=N–C) groups is 1. The molecule has 0 spiro atoms. The SMILES string of the molecule is CCc1cccc(NC(N)=NCc2cccc(NC(C)=O)c2)c1. The van der Waals surface area contributed by atoms with Gasteiger partial charge in [0.05, 0.1) is 6.54 Å². The van der Waals surface area contributed by atoms with E-state index in [9.17, 15) is 4.79 Å². The molecule has 2 aromatic rings. The Hall–Kier alpha value is -2.82. The highest BCUT2D eigenvalue weighted by Crippen LogP contribution is 2.13. The van der Waals surface area contributed by atoms with Gasteiger partial charge in [-0.05, 0) is 41.8 Å². The van der Waals surface area contributed by atoms with Crippen LogP contribution in [0.5, 0.6) is 0 Å². The number of anilines is 2. The standard InChI is InChI=1S/C18H22N4O/c1-3-14-6-4-9-17(10-14)22-18(19)20-12-15-7-5-8-16(11-15)21-13(2)23/h4-11H,3,12H2,1-2H3,(H,21,23)(H3,19,20,22). The van der Waals surface area contributed by atoms with Gasteiger partial charge in [0.25, 0.3) is 0 Å². The Labute approximate surface area is 136 Å². The van der Waals surface area contributed by atoms with E-state index in [2.05, 4.69) is 34.7 Å². The molecule has 2 aromatic carbocycles. The zero-order valence-electron chi connectivity index (χ0n) is 13.5. The molecule has 0 bridgehead atoms. The van der Waals surface area contributed by atoms with Crippen molar-refractivity contribution in [3.8, 4) is 0 Å². The number of nitrogens with two attached hydrogens (primary N) is 1. The Morgan fingerprint density at radius 1 is 1.04 bits per heavy atom. The second-order valence-electron chi connectivity index (χ2n) is 5.26. The van der Waals surface area contributed by atoms with Crippen molar-refractivity contribution in [1.29, 1.82) is 0 Å². The summed E-state index contributed by atoms with van der Waals surface area (Å²) in [5.41, 5.74) is 9.83. The van der Waals surface area contributed by atoms with Crippen molar-refractivity contribution in [1.82, 2.24) is 0 Å². The molecule has 0 aromatic heterocycles. The summed E-state index contributed by atoms with van der Waals surface area (Å²) in [4.78, 5) is 15.4. The first-order chi connectivity index (χ1) is 11.1. The summed E-state index contributed by atoms with van der Waals surface area (Å²) in [5, 5.41) is 5.84. The summed E-state index contributed by atoms with van der Waals surface area (Å²) in [7, 11) is 0. The van der Waals surface area contributed by atoms with Crippen LogP contribution < -0.4 is 16.4 Å². The van der Waals surface area contributed by atoms with Crippen LogP contribution in [0.25, 0.3) is 0 Å². The van der Waals surface area contributed by atoms with E-state index in [1.165, 1.54) is 12.5 Å². The fraction of sp³-hybridized carbons (Fsp3) is 0.222. The highest BCUT2D eigenvalue weighted by Gasteiger charge is 1.99. The van der Waals surface area contributed by atoms with E-state index in [-0.39, 0.29) is 5.91 Å². The Morgan fingerprint density at radius 3 is 2.30 bits per heavy atom. The summed E-state index contributed by atoms with van der Waals surface area (Å²) >= 11 is 0. The van der Waals surface area contributed by atoms with Gasteiger partial charge in [0.1, 0.15) is 0 Å². The van der Waals surface area contributed by atoms with E-state index in [4.69, 9.17) is 5.73 Å². The zero-order chi connectivity index (χ0) is 16.7. The molecule has 0 saturated heterocycles. The fourth-order valence-electron chi connectivity index (χ4n) is 2.18. The molecule has 2 rings (SSSR count). The molecular weight excluding hydrogens is 288 g/mol. The third kappa shape index (κ3) is 5.47. The molecule has 0 radical (unpaired) electrons. The number of carbonyl (C=O) groups is 1. The van der Waals surface area contributed by atoms with Crippen LogP contribution in [0, 0.1) is 0 Å². The Balaban J connectivity index is 2.00. The van der Waals surface area contributed by atoms with E-state index in [0.717, 1.165) is 23.4 Å². The summed E-state index contributed by atoms with van der Waals surface area (Å²) in [6.07, 6.45) is 0.975. The number of nitrogens with zero attached hydrogens (tertiary/aromatic N) is 1. The van der Waals surface area contributed by atoms with Crippen LogP contribution in [0.3, 0.4) is 0 Å². The minimum Gasteiger partial charge on any atom is -0.370 e.